The van der Waals surface area contributed by atoms with Gasteiger partial charge in [0.15, 0.2) is 22.5 Å². The fourth-order valence-electron chi connectivity index (χ4n) is 3.14. The van der Waals surface area contributed by atoms with Crippen molar-refractivity contribution in [2.24, 2.45) is 0 Å². The van der Waals surface area contributed by atoms with Gasteiger partial charge in [-0.3, -0.25) is 4.79 Å². The van der Waals surface area contributed by atoms with Crippen molar-refractivity contribution < 1.29 is 14.3 Å². The topological polar surface area (TPSA) is 78.3 Å². The van der Waals surface area contributed by atoms with Crippen LogP contribution in [0.5, 0.6) is 11.5 Å². The fourth-order valence-corrected chi connectivity index (χ4v) is 4.05. The first-order valence-electron chi connectivity index (χ1n) is 9.77. The van der Waals surface area contributed by atoms with Gasteiger partial charge in [-0.05, 0) is 24.6 Å². The van der Waals surface area contributed by atoms with Gasteiger partial charge in [-0.2, -0.15) is 0 Å². The first kappa shape index (κ1) is 22.4. The molecule has 1 amide bonds. The van der Waals surface area contributed by atoms with Crippen LogP contribution in [-0.4, -0.2) is 34.9 Å². The first-order chi connectivity index (χ1) is 15.1. The van der Waals surface area contributed by atoms with Crippen LogP contribution >= 0.6 is 11.8 Å². The van der Waals surface area contributed by atoms with Gasteiger partial charge in [0, 0.05) is 12.3 Å². The van der Waals surface area contributed by atoms with E-state index in [0.29, 0.717) is 29.4 Å². The van der Waals surface area contributed by atoms with Gasteiger partial charge in [0.2, 0.25) is 0 Å². The number of para-hydroxylation sites is 1. The molecule has 1 aromatic heterocycles. The van der Waals surface area contributed by atoms with Crippen molar-refractivity contribution in [2.75, 3.05) is 14.2 Å². The standard InChI is InChI=1S/C23H26N4O3S/c1-5-12-27-20(25-26-23(27)31-15-17-9-6-8-16(2)13-17)14-24-22(28)18-10-7-11-19(29-3)21(18)30-4/h5-11,13H,1,12,14-15H2,2-4H3,(H,24,28). The monoisotopic (exact) mass is 438 g/mol. The lowest BCUT2D eigenvalue weighted by Crippen LogP contribution is -2.25. The Balaban J connectivity index is 1.72. The first-order valence-corrected chi connectivity index (χ1v) is 10.8. The van der Waals surface area contributed by atoms with Gasteiger partial charge in [0.25, 0.3) is 5.91 Å². The third kappa shape index (κ3) is 5.46. The molecule has 1 N–H and O–H groups in total. The highest BCUT2D eigenvalue weighted by Crippen LogP contribution is 2.30. The Hall–Kier alpha value is -3.26. The minimum atomic E-state index is -0.280. The Morgan fingerprint density at radius 1 is 1.19 bits per heavy atom. The summed E-state index contributed by atoms with van der Waals surface area (Å²) in [5, 5.41) is 12.3. The molecular formula is C23H26N4O3S. The van der Waals surface area contributed by atoms with Crippen molar-refractivity contribution in [1.82, 2.24) is 20.1 Å². The summed E-state index contributed by atoms with van der Waals surface area (Å²) in [5.41, 5.74) is 2.84. The van der Waals surface area contributed by atoms with E-state index in [-0.39, 0.29) is 12.5 Å². The number of aromatic nitrogens is 3. The van der Waals surface area contributed by atoms with Crippen molar-refractivity contribution in [2.45, 2.75) is 30.9 Å². The lowest BCUT2D eigenvalue weighted by molar-refractivity contribution is 0.0945. The van der Waals surface area contributed by atoms with Crippen molar-refractivity contribution in [3.63, 3.8) is 0 Å². The maximum atomic E-state index is 12.8. The number of allylic oxidation sites excluding steroid dienone is 1. The van der Waals surface area contributed by atoms with Crippen LogP contribution in [0.15, 0.2) is 60.3 Å². The number of rotatable bonds is 10. The second-order valence-corrected chi connectivity index (χ2v) is 7.74. The minimum absolute atomic E-state index is 0.227. The Labute approximate surface area is 186 Å². The fraction of sp³-hybridized carbons (Fsp3) is 0.261. The summed E-state index contributed by atoms with van der Waals surface area (Å²) >= 11 is 1.60. The third-order valence-electron chi connectivity index (χ3n) is 4.61. The Morgan fingerprint density at radius 3 is 2.71 bits per heavy atom. The maximum Gasteiger partial charge on any atom is 0.255 e. The van der Waals surface area contributed by atoms with E-state index < -0.39 is 0 Å². The summed E-state index contributed by atoms with van der Waals surface area (Å²) in [6.45, 7) is 6.68. The zero-order chi connectivity index (χ0) is 22.2. The van der Waals surface area contributed by atoms with E-state index in [9.17, 15) is 4.79 Å². The molecule has 0 bridgehead atoms. The number of amides is 1. The number of hydrogen-bond acceptors (Lipinski definition) is 6. The lowest BCUT2D eigenvalue weighted by atomic mass is 10.1. The van der Waals surface area contributed by atoms with E-state index in [1.165, 1.54) is 25.3 Å². The van der Waals surface area contributed by atoms with Gasteiger partial charge in [0.05, 0.1) is 26.3 Å². The van der Waals surface area contributed by atoms with Crippen LogP contribution in [0.25, 0.3) is 0 Å². The molecule has 0 aliphatic rings. The molecule has 0 saturated carbocycles. The summed E-state index contributed by atoms with van der Waals surface area (Å²) in [4.78, 5) is 12.8. The smallest absolute Gasteiger partial charge is 0.255 e. The maximum absolute atomic E-state index is 12.8. The van der Waals surface area contributed by atoms with Gasteiger partial charge in [0.1, 0.15) is 0 Å². The van der Waals surface area contributed by atoms with Gasteiger partial charge in [-0.25, -0.2) is 0 Å². The molecule has 7 nitrogen and oxygen atoms in total. The number of methoxy groups -OCH3 is 2. The third-order valence-corrected chi connectivity index (χ3v) is 5.65. The number of benzene rings is 2. The number of nitrogens with zero attached hydrogens (tertiary/aromatic N) is 3. The van der Waals surface area contributed by atoms with E-state index in [0.717, 1.165) is 10.9 Å². The highest BCUT2D eigenvalue weighted by atomic mass is 32.2. The highest BCUT2D eigenvalue weighted by molar-refractivity contribution is 7.98. The van der Waals surface area contributed by atoms with E-state index >= 15 is 0 Å². The molecule has 31 heavy (non-hydrogen) atoms. The molecule has 0 aliphatic carbocycles. The second kappa shape index (κ2) is 10.7. The predicted molar refractivity (Wildman–Crippen MR) is 122 cm³/mol. The summed E-state index contributed by atoms with van der Waals surface area (Å²) < 4.78 is 12.6. The van der Waals surface area contributed by atoms with Crippen LogP contribution < -0.4 is 14.8 Å². The van der Waals surface area contributed by atoms with E-state index in [1.807, 2.05) is 10.6 Å². The summed E-state index contributed by atoms with van der Waals surface area (Å²) in [6.07, 6.45) is 1.79. The molecule has 8 heteroatoms. The minimum Gasteiger partial charge on any atom is -0.493 e. The van der Waals surface area contributed by atoms with Crippen LogP contribution in [0.3, 0.4) is 0 Å². The Kier molecular flexibility index (Phi) is 7.72. The molecule has 0 spiro atoms. The zero-order valence-electron chi connectivity index (χ0n) is 17.9. The van der Waals surface area contributed by atoms with Crippen molar-refractivity contribution in [3.05, 3.63) is 77.6 Å². The average Bonchev–Trinajstić information content (AvgIpc) is 3.17. The summed E-state index contributed by atoms with van der Waals surface area (Å²) in [6, 6.07) is 13.6. The molecular weight excluding hydrogens is 412 g/mol. The summed E-state index contributed by atoms with van der Waals surface area (Å²) in [7, 11) is 3.04. The molecule has 0 aliphatic heterocycles. The Bertz CT molecular complexity index is 1060. The average molecular weight is 439 g/mol. The quantitative estimate of drug-likeness (QED) is 0.381. The van der Waals surface area contributed by atoms with E-state index in [2.05, 4.69) is 47.2 Å². The van der Waals surface area contributed by atoms with E-state index in [1.54, 1.807) is 36.0 Å². The number of ether oxygens (including phenoxy) is 2. The van der Waals surface area contributed by atoms with Crippen LogP contribution in [0, 0.1) is 6.92 Å². The molecule has 3 rings (SSSR count). The molecule has 0 atom stereocenters. The highest BCUT2D eigenvalue weighted by Gasteiger charge is 2.18. The molecule has 0 fully saturated rings. The normalized spacial score (nSPS) is 10.5. The second-order valence-electron chi connectivity index (χ2n) is 6.80. The van der Waals surface area contributed by atoms with Crippen molar-refractivity contribution in [1.29, 1.82) is 0 Å². The van der Waals surface area contributed by atoms with Gasteiger partial charge in [-0.1, -0.05) is 53.7 Å². The Morgan fingerprint density at radius 2 is 2.00 bits per heavy atom. The molecule has 1 heterocycles. The number of carbonyl (C=O) groups is 1. The zero-order valence-corrected chi connectivity index (χ0v) is 18.7. The van der Waals surface area contributed by atoms with Crippen molar-refractivity contribution >= 4 is 17.7 Å². The van der Waals surface area contributed by atoms with E-state index in [4.69, 9.17) is 9.47 Å². The number of carbonyl (C=O) groups excluding carboxylic acids is 1. The summed E-state index contributed by atoms with van der Waals surface area (Å²) in [5.74, 6) is 2.05. The van der Waals surface area contributed by atoms with Crippen molar-refractivity contribution in [3.8, 4) is 11.5 Å². The number of aryl methyl sites for hydroxylation is 1. The molecule has 0 saturated heterocycles. The molecule has 162 valence electrons. The van der Waals surface area contributed by atoms with Gasteiger partial charge < -0.3 is 19.4 Å². The van der Waals surface area contributed by atoms with Crippen LogP contribution in [0.4, 0.5) is 0 Å². The number of thioether (sulfide) groups is 1. The molecule has 2 aromatic carbocycles. The number of hydrogen-bond donors (Lipinski definition) is 1. The predicted octanol–water partition coefficient (Wildman–Crippen LogP) is 4.01. The largest absolute Gasteiger partial charge is 0.493 e. The van der Waals surface area contributed by atoms with Crippen LogP contribution in [0.1, 0.15) is 27.3 Å². The van der Waals surface area contributed by atoms with Gasteiger partial charge >= 0.3 is 0 Å². The van der Waals surface area contributed by atoms with Gasteiger partial charge in [-0.15, -0.1) is 16.8 Å². The van der Waals surface area contributed by atoms with Crippen LogP contribution in [0.2, 0.25) is 0 Å². The van der Waals surface area contributed by atoms with Crippen LogP contribution in [-0.2, 0) is 18.8 Å². The molecule has 3 aromatic rings. The molecule has 0 unspecified atom stereocenters. The lowest BCUT2D eigenvalue weighted by Gasteiger charge is -2.13. The molecule has 0 radical (unpaired) electrons. The number of nitrogens with one attached hydrogen (secondary N) is 1. The SMILES string of the molecule is C=CCn1c(CNC(=O)c2cccc(OC)c2OC)nnc1SCc1cccc(C)c1.